The third-order valence-corrected chi connectivity index (χ3v) is 4.18. The molecule has 7 nitrogen and oxygen atoms in total. The van der Waals surface area contributed by atoms with Crippen LogP contribution in [-0.2, 0) is 0 Å². The molecule has 1 amide bonds. The van der Waals surface area contributed by atoms with Crippen LogP contribution in [0.25, 0.3) is 0 Å². The molecular formula is C17H21N5O2. The molecule has 1 aliphatic rings. The van der Waals surface area contributed by atoms with E-state index in [0.29, 0.717) is 24.5 Å². The van der Waals surface area contributed by atoms with Crippen molar-refractivity contribution in [2.45, 2.75) is 18.4 Å². The Kier molecular flexibility index (Phi) is 4.71. The van der Waals surface area contributed by atoms with Crippen LogP contribution in [0.5, 0.6) is 0 Å². The maximum atomic E-state index is 12.4. The van der Waals surface area contributed by atoms with E-state index in [4.69, 9.17) is 0 Å². The number of pyridine rings is 1. The topological polar surface area (TPSA) is 82.5 Å². The zero-order valence-corrected chi connectivity index (χ0v) is 13.7. The van der Waals surface area contributed by atoms with E-state index >= 15 is 0 Å². The predicted molar refractivity (Wildman–Crippen MR) is 89.6 cm³/mol. The van der Waals surface area contributed by atoms with Gasteiger partial charge in [-0.3, -0.25) is 9.78 Å². The Morgan fingerprint density at radius 2 is 2.12 bits per heavy atom. The number of rotatable bonds is 4. The molecule has 1 atom stereocenters. The molecule has 1 N–H and O–H groups in total. The molecule has 3 rings (SSSR count). The second-order valence-electron chi connectivity index (χ2n) is 6.20. The molecule has 0 aromatic carbocycles. The van der Waals surface area contributed by atoms with Crippen LogP contribution in [0.2, 0.25) is 0 Å². The summed E-state index contributed by atoms with van der Waals surface area (Å²) in [6.07, 6.45) is 8.00. The van der Waals surface area contributed by atoms with Crippen LogP contribution in [0.1, 0.15) is 23.2 Å². The second kappa shape index (κ2) is 6.92. The summed E-state index contributed by atoms with van der Waals surface area (Å²) in [5.74, 6) is 0.460. The van der Waals surface area contributed by atoms with Crippen LogP contribution < -0.4 is 4.90 Å². The van der Waals surface area contributed by atoms with Gasteiger partial charge in [0.15, 0.2) is 0 Å². The number of anilines is 1. The van der Waals surface area contributed by atoms with Crippen LogP contribution in [0.15, 0.2) is 43.0 Å². The molecule has 0 bridgehead atoms. The first-order chi connectivity index (χ1) is 11.6. The first kappa shape index (κ1) is 16.3. The highest BCUT2D eigenvalue weighted by molar-refractivity contribution is 5.93. The van der Waals surface area contributed by atoms with Crippen molar-refractivity contribution in [2.24, 2.45) is 0 Å². The van der Waals surface area contributed by atoms with E-state index in [0.717, 1.165) is 13.0 Å². The Labute approximate surface area is 141 Å². The van der Waals surface area contributed by atoms with Gasteiger partial charge in [0.25, 0.3) is 5.91 Å². The number of hydrogen-bond donors (Lipinski definition) is 1. The molecule has 3 heterocycles. The van der Waals surface area contributed by atoms with E-state index in [1.54, 1.807) is 48.7 Å². The average Bonchev–Trinajstić information content (AvgIpc) is 2.62. The van der Waals surface area contributed by atoms with Gasteiger partial charge in [0.05, 0.1) is 24.3 Å². The third kappa shape index (κ3) is 3.68. The summed E-state index contributed by atoms with van der Waals surface area (Å²) < 4.78 is 0. The lowest BCUT2D eigenvalue weighted by Crippen LogP contribution is -2.55. The first-order valence-electron chi connectivity index (χ1n) is 7.97. The van der Waals surface area contributed by atoms with Crippen molar-refractivity contribution < 1.29 is 9.90 Å². The van der Waals surface area contributed by atoms with Crippen molar-refractivity contribution in [3.8, 4) is 0 Å². The fourth-order valence-corrected chi connectivity index (χ4v) is 3.09. The van der Waals surface area contributed by atoms with Gasteiger partial charge in [0, 0.05) is 38.4 Å². The highest BCUT2D eigenvalue weighted by Crippen LogP contribution is 2.24. The van der Waals surface area contributed by atoms with Crippen LogP contribution >= 0.6 is 0 Å². The fraction of sp³-hybridized carbons (Fsp3) is 0.412. The highest BCUT2D eigenvalue weighted by atomic mass is 16.3. The zero-order valence-electron chi connectivity index (χ0n) is 13.7. The number of likely N-dealkylation sites (N-methyl/N-ethyl adjacent to an activating group) is 1. The lowest BCUT2D eigenvalue weighted by molar-refractivity contribution is -0.000307. The Morgan fingerprint density at radius 1 is 1.33 bits per heavy atom. The van der Waals surface area contributed by atoms with E-state index in [9.17, 15) is 9.90 Å². The number of nitrogens with zero attached hydrogens (tertiary/aromatic N) is 5. The van der Waals surface area contributed by atoms with Crippen molar-refractivity contribution in [3.63, 3.8) is 0 Å². The number of carbonyl (C=O) groups is 1. The maximum absolute atomic E-state index is 12.4. The van der Waals surface area contributed by atoms with Crippen molar-refractivity contribution in [1.29, 1.82) is 0 Å². The number of hydrogen-bond acceptors (Lipinski definition) is 6. The molecule has 1 aliphatic heterocycles. The van der Waals surface area contributed by atoms with Gasteiger partial charge in [-0.25, -0.2) is 9.97 Å². The van der Waals surface area contributed by atoms with Crippen LogP contribution in [0, 0.1) is 0 Å². The number of piperidine rings is 1. The zero-order chi connectivity index (χ0) is 17.0. The highest BCUT2D eigenvalue weighted by Gasteiger charge is 2.36. The minimum absolute atomic E-state index is 0.149. The number of aliphatic hydroxyl groups is 1. The van der Waals surface area contributed by atoms with Crippen molar-refractivity contribution in [1.82, 2.24) is 19.9 Å². The van der Waals surface area contributed by atoms with Crippen molar-refractivity contribution >= 4 is 11.9 Å². The van der Waals surface area contributed by atoms with Gasteiger partial charge in [0.2, 0.25) is 5.95 Å². The molecule has 1 saturated heterocycles. The van der Waals surface area contributed by atoms with Gasteiger partial charge in [-0.15, -0.1) is 0 Å². The standard InChI is InChI=1S/C17H21N5O2/c1-21(15(23)14-5-2-7-18-11-14)12-17(24)6-3-10-22(13-17)16-19-8-4-9-20-16/h2,4-5,7-9,11,24H,3,6,10,12-13H2,1H3/t17-/m1/s1. The largest absolute Gasteiger partial charge is 0.386 e. The van der Waals surface area contributed by atoms with Crippen molar-refractivity contribution in [3.05, 3.63) is 48.5 Å². The van der Waals surface area contributed by atoms with Crippen molar-refractivity contribution in [2.75, 3.05) is 31.6 Å². The number of aromatic nitrogens is 3. The van der Waals surface area contributed by atoms with Gasteiger partial charge in [-0.05, 0) is 31.0 Å². The molecule has 2 aromatic rings. The Balaban J connectivity index is 1.68. The molecule has 0 spiro atoms. The molecular weight excluding hydrogens is 306 g/mol. The summed E-state index contributed by atoms with van der Waals surface area (Å²) in [4.78, 5) is 28.4. The maximum Gasteiger partial charge on any atom is 0.255 e. The summed E-state index contributed by atoms with van der Waals surface area (Å²) in [6.45, 7) is 1.46. The number of amides is 1. The van der Waals surface area contributed by atoms with E-state index < -0.39 is 5.60 Å². The van der Waals surface area contributed by atoms with Gasteiger partial charge in [0.1, 0.15) is 0 Å². The summed E-state index contributed by atoms with van der Waals surface area (Å²) in [5.41, 5.74) is -0.466. The predicted octanol–water partition coefficient (Wildman–Crippen LogP) is 0.975. The molecule has 2 aromatic heterocycles. The van der Waals surface area contributed by atoms with Crippen LogP contribution in [0.4, 0.5) is 5.95 Å². The molecule has 1 fully saturated rings. The summed E-state index contributed by atoms with van der Waals surface area (Å²) in [7, 11) is 1.70. The minimum Gasteiger partial charge on any atom is -0.386 e. The van der Waals surface area contributed by atoms with Gasteiger partial charge in [-0.1, -0.05) is 0 Å². The smallest absolute Gasteiger partial charge is 0.255 e. The molecule has 24 heavy (non-hydrogen) atoms. The Bertz CT molecular complexity index is 682. The van der Waals surface area contributed by atoms with E-state index in [1.165, 1.54) is 6.20 Å². The molecule has 126 valence electrons. The molecule has 0 unspecified atom stereocenters. The Hall–Kier alpha value is -2.54. The van der Waals surface area contributed by atoms with Gasteiger partial charge < -0.3 is 14.9 Å². The monoisotopic (exact) mass is 327 g/mol. The van der Waals surface area contributed by atoms with E-state index in [2.05, 4.69) is 15.0 Å². The molecule has 0 aliphatic carbocycles. The van der Waals surface area contributed by atoms with Crippen LogP contribution in [-0.4, -0.2) is 63.1 Å². The number of carbonyl (C=O) groups excluding carboxylic acids is 1. The SMILES string of the molecule is CN(C[C@]1(O)CCCN(c2ncccn2)C1)C(=O)c1cccnc1. The van der Waals surface area contributed by atoms with E-state index in [1.807, 2.05) is 4.90 Å². The Morgan fingerprint density at radius 3 is 2.83 bits per heavy atom. The summed E-state index contributed by atoms with van der Waals surface area (Å²) >= 11 is 0. The second-order valence-corrected chi connectivity index (χ2v) is 6.20. The molecule has 7 heteroatoms. The summed E-state index contributed by atoms with van der Waals surface area (Å²) in [5, 5.41) is 11.0. The minimum atomic E-state index is -0.982. The first-order valence-corrected chi connectivity index (χ1v) is 7.97. The molecule has 0 saturated carbocycles. The quantitative estimate of drug-likeness (QED) is 0.901. The number of β-amino-alcohol motifs (C(OH)–C–C–N with tert-alkyl or cyclic N) is 1. The lowest BCUT2D eigenvalue weighted by atomic mass is 9.92. The van der Waals surface area contributed by atoms with E-state index in [-0.39, 0.29) is 12.5 Å². The average molecular weight is 327 g/mol. The molecule has 0 radical (unpaired) electrons. The third-order valence-electron chi connectivity index (χ3n) is 4.18. The normalized spacial score (nSPS) is 20.7. The lowest BCUT2D eigenvalue weighted by Gasteiger charge is -2.41. The summed E-state index contributed by atoms with van der Waals surface area (Å²) in [6, 6.07) is 5.21. The fourth-order valence-electron chi connectivity index (χ4n) is 3.09. The van der Waals surface area contributed by atoms with Gasteiger partial charge >= 0.3 is 0 Å². The van der Waals surface area contributed by atoms with Crippen LogP contribution in [0.3, 0.4) is 0 Å². The van der Waals surface area contributed by atoms with Gasteiger partial charge in [-0.2, -0.15) is 0 Å².